The van der Waals surface area contributed by atoms with Gasteiger partial charge in [0.15, 0.2) is 0 Å². The second-order valence-electron chi connectivity index (χ2n) is 6.13. The molecule has 0 aromatic heterocycles. The third kappa shape index (κ3) is 4.40. The Morgan fingerprint density at radius 3 is 2.59 bits per heavy atom. The molecule has 3 N–H and O–H groups in total. The Bertz CT molecular complexity index is 517. The maximum Gasteiger partial charge on any atom is 0.315 e. The van der Waals surface area contributed by atoms with E-state index in [-0.39, 0.29) is 29.5 Å². The Hall–Kier alpha value is -1.69. The zero-order valence-corrected chi connectivity index (χ0v) is 12.8. The Kier molecular flexibility index (Phi) is 5.34. The number of rotatable bonds is 6. The summed E-state index contributed by atoms with van der Waals surface area (Å²) in [4.78, 5) is 11.8. The predicted molar refractivity (Wildman–Crippen MR) is 79.5 cm³/mol. The first-order valence-electron chi connectivity index (χ1n) is 7.54. The van der Waals surface area contributed by atoms with E-state index in [2.05, 4.69) is 10.6 Å². The van der Waals surface area contributed by atoms with Crippen molar-refractivity contribution in [2.45, 2.75) is 44.8 Å². The molecule has 1 fully saturated rings. The van der Waals surface area contributed by atoms with Crippen molar-refractivity contribution in [3.8, 4) is 0 Å². The number of halogens is 2. The van der Waals surface area contributed by atoms with Gasteiger partial charge in [0, 0.05) is 24.1 Å². The topological polar surface area (TPSA) is 61.4 Å². The van der Waals surface area contributed by atoms with Gasteiger partial charge in [-0.2, -0.15) is 0 Å². The van der Waals surface area contributed by atoms with E-state index in [1.54, 1.807) is 6.92 Å². The van der Waals surface area contributed by atoms with Crippen LogP contribution in [0.1, 0.15) is 38.2 Å². The molecule has 2 rings (SSSR count). The molecule has 2 amide bonds. The van der Waals surface area contributed by atoms with E-state index in [9.17, 15) is 18.7 Å². The lowest BCUT2D eigenvalue weighted by molar-refractivity contribution is 0.163. The van der Waals surface area contributed by atoms with Gasteiger partial charge in [-0.15, -0.1) is 0 Å². The second kappa shape index (κ2) is 7.05. The number of urea groups is 1. The van der Waals surface area contributed by atoms with E-state index in [1.165, 1.54) is 18.2 Å². The highest BCUT2D eigenvalue weighted by atomic mass is 19.1. The van der Waals surface area contributed by atoms with Crippen LogP contribution in [0.2, 0.25) is 0 Å². The Balaban J connectivity index is 1.78. The van der Waals surface area contributed by atoms with Gasteiger partial charge in [-0.25, -0.2) is 13.6 Å². The summed E-state index contributed by atoms with van der Waals surface area (Å²) in [5.41, 5.74) is 0.0512. The van der Waals surface area contributed by atoms with Crippen molar-refractivity contribution in [2.75, 3.05) is 6.54 Å². The molecule has 6 heteroatoms. The monoisotopic (exact) mass is 312 g/mol. The average molecular weight is 312 g/mol. The van der Waals surface area contributed by atoms with Crippen molar-refractivity contribution in [2.24, 2.45) is 5.92 Å². The summed E-state index contributed by atoms with van der Waals surface area (Å²) in [7, 11) is 0. The van der Waals surface area contributed by atoms with Crippen molar-refractivity contribution in [1.82, 2.24) is 10.6 Å². The zero-order chi connectivity index (χ0) is 16.3. The van der Waals surface area contributed by atoms with Crippen LogP contribution in [0.4, 0.5) is 13.6 Å². The zero-order valence-electron chi connectivity index (χ0n) is 12.8. The standard InChI is InChI=1S/C16H22F2N2O2/c1-9(6-10(2)21)8-19-16(22)20-14-7-11(14)15-12(17)4-3-5-13(15)18/h3-5,9-11,14,21H,6-8H2,1-2H3,(H2,19,20,22). The molecule has 0 heterocycles. The molecule has 0 saturated heterocycles. The van der Waals surface area contributed by atoms with Crippen molar-refractivity contribution >= 4 is 6.03 Å². The number of benzene rings is 1. The number of carbonyl (C=O) groups is 1. The first-order chi connectivity index (χ1) is 10.4. The SMILES string of the molecule is CC(O)CC(C)CNC(=O)NC1CC1c1c(F)cccc1F. The number of hydrogen-bond donors (Lipinski definition) is 3. The summed E-state index contributed by atoms with van der Waals surface area (Å²) < 4.78 is 27.3. The van der Waals surface area contributed by atoms with Crippen LogP contribution < -0.4 is 10.6 Å². The second-order valence-corrected chi connectivity index (χ2v) is 6.13. The number of amides is 2. The lowest BCUT2D eigenvalue weighted by atomic mass is 10.1. The molecule has 4 atom stereocenters. The fourth-order valence-corrected chi connectivity index (χ4v) is 2.69. The van der Waals surface area contributed by atoms with E-state index in [1.807, 2.05) is 6.92 Å². The van der Waals surface area contributed by atoms with Gasteiger partial charge in [-0.3, -0.25) is 0 Å². The van der Waals surface area contributed by atoms with Gasteiger partial charge >= 0.3 is 6.03 Å². The molecule has 1 aliphatic rings. The van der Waals surface area contributed by atoms with Crippen LogP contribution in [0.3, 0.4) is 0 Å². The molecule has 1 aromatic rings. The number of hydrogen-bond acceptors (Lipinski definition) is 2. The molecule has 0 bridgehead atoms. The number of aliphatic hydroxyl groups excluding tert-OH is 1. The highest BCUT2D eigenvalue weighted by molar-refractivity contribution is 5.74. The van der Waals surface area contributed by atoms with Crippen LogP contribution in [0.25, 0.3) is 0 Å². The Morgan fingerprint density at radius 2 is 2.00 bits per heavy atom. The van der Waals surface area contributed by atoms with Gasteiger partial charge in [0.1, 0.15) is 11.6 Å². The highest BCUT2D eigenvalue weighted by Gasteiger charge is 2.42. The number of carbonyl (C=O) groups excluding carboxylic acids is 1. The molecular weight excluding hydrogens is 290 g/mol. The van der Waals surface area contributed by atoms with Gasteiger partial charge in [-0.05, 0) is 37.8 Å². The molecule has 4 unspecified atom stereocenters. The van der Waals surface area contributed by atoms with Crippen LogP contribution >= 0.6 is 0 Å². The summed E-state index contributed by atoms with van der Waals surface area (Å²) >= 11 is 0. The molecule has 1 saturated carbocycles. The van der Waals surface area contributed by atoms with Gasteiger partial charge in [0.2, 0.25) is 0 Å². The van der Waals surface area contributed by atoms with E-state index in [4.69, 9.17) is 0 Å². The smallest absolute Gasteiger partial charge is 0.315 e. The normalized spacial score (nSPS) is 22.8. The third-order valence-corrected chi connectivity index (χ3v) is 3.83. The third-order valence-electron chi connectivity index (χ3n) is 3.83. The molecule has 0 radical (unpaired) electrons. The summed E-state index contributed by atoms with van der Waals surface area (Å²) in [6, 6.07) is 3.20. The highest BCUT2D eigenvalue weighted by Crippen LogP contribution is 2.42. The molecule has 0 spiro atoms. The van der Waals surface area contributed by atoms with Crippen LogP contribution in [0, 0.1) is 17.6 Å². The maximum absolute atomic E-state index is 13.6. The molecule has 22 heavy (non-hydrogen) atoms. The molecule has 122 valence electrons. The van der Waals surface area contributed by atoms with Gasteiger partial charge in [0.05, 0.1) is 6.10 Å². The summed E-state index contributed by atoms with van der Waals surface area (Å²) in [5, 5.41) is 14.7. The van der Waals surface area contributed by atoms with Crippen LogP contribution in [-0.4, -0.2) is 29.8 Å². The molecular formula is C16H22F2N2O2. The van der Waals surface area contributed by atoms with Crippen LogP contribution in [-0.2, 0) is 0 Å². The summed E-state index contributed by atoms with van der Waals surface area (Å²) in [6.07, 6.45) is 0.734. The predicted octanol–water partition coefficient (Wildman–Crippen LogP) is 2.53. The summed E-state index contributed by atoms with van der Waals surface area (Å²) in [6.45, 7) is 4.08. The Labute approximate surface area is 128 Å². The van der Waals surface area contributed by atoms with E-state index in [0.717, 1.165) is 0 Å². The van der Waals surface area contributed by atoms with Crippen LogP contribution in [0.15, 0.2) is 18.2 Å². The van der Waals surface area contributed by atoms with Gasteiger partial charge < -0.3 is 15.7 Å². The van der Waals surface area contributed by atoms with E-state index >= 15 is 0 Å². The van der Waals surface area contributed by atoms with Crippen molar-refractivity contribution in [1.29, 1.82) is 0 Å². The largest absolute Gasteiger partial charge is 0.393 e. The number of nitrogens with one attached hydrogen (secondary N) is 2. The van der Waals surface area contributed by atoms with Crippen LogP contribution in [0.5, 0.6) is 0 Å². The first-order valence-corrected chi connectivity index (χ1v) is 7.54. The van der Waals surface area contributed by atoms with Crippen molar-refractivity contribution in [3.05, 3.63) is 35.4 Å². The fraction of sp³-hybridized carbons (Fsp3) is 0.562. The molecule has 4 nitrogen and oxygen atoms in total. The van der Waals surface area contributed by atoms with Gasteiger partial charge in [0.25, 0.3) is 0 Å². The minimum absolute atomic E-state index is 0.0512. The first kappa shape index (κ1) is 16.7. The lowest BCUT2D eigenvalue weighted by Crippen LogP contribution is -2.39. The molecule has 0 aliphatic heterocycles. The van der Waals surface area contributed by atoms with Gasteiger partial charge in [-0.1, -0.05) is 13.0 Å². The molecule has 1 aliphatic carbocycles. The van der Waals surface area contributed by atoms with E-state index < -0.39 is 17.7 Å². The minimum Gasteiger partial charge on any atom is -0.393 e. The maximum atomic E-state index is 13.6. The van der Waals surface area contributed by atoms with Crippen molar-refractivity contribution < 1.29 is 18.7 Å². The average Bonchev–Trinajstić information content (AvgIpc) is 3.14. The lowest BCUT2D eigenvalue weighted by Gasteiger charge is -2.14. The summed E-state index contributed by atoms with van der Waals surface area (Å²) in [5.74, 6) is -1.29. The quantitative estimate of drug-likeness (QED) is 0.756. The number of aliphatic hydroxyl groups is 1. The fourth-order valence-electron chi connectivity index (χ4n) is 2.69. The minimum atomic E-state index is -0.569. The molecule has 1 aromatic carbocycles. The Morgan fingerprint density at radius 1 is 1.36 bits per heavy atom. The van der Waals surface area contributed by atoms with Crippen molar-refractivity contribution in [3.63, 3.8) is 0 Å². The van der Waals surface area contributed by atoms with E-state index in [0.29, 0.717) is 19.4 Å².